The van der Waals surface area contributed by atoms with Crippen LogP contribution in [0.15, 0.2) is 54.9 Å². The normalized spacial score (nSPS) is 13.2. The summed E-state index contributed by atoms with van der Waals surface area (Å²) >= 11 is 0. The summed E-state index contributed by atoms with van der Waals surface area (Å²) in [6.45, 7) is 4.77. The Kier molecular flexibility index (Phi) is 5.88. The van der Waals surface area contributed by atoms with Gasteiger partial charge in [-0.2, -0.15) is 0 Å². The zero-order valence-electron chi connectivity index (χ0n) is 21.0. The first kappa shape index (κ1) is 22.9. The zero-order valence-corrected chi connectivity index (χ0v) is 21.0. The Morgan fingerprint density at radius 3 is 2.62 bits per heavy atom. The van der Waals surface area contributed by atoms with E-state index < -0.39 is 0 Å². The number of benzene rings is 3. The van der Waals surface area contributed by atoms with Crippen LogP contribution in [0, 0.1) is 0 Å². The number of hydrogen-bond acceptors (Lipinski definition) is 8. The number of ether oxygens (including phenoxy) is 3. The highest BCUT2D eigenvalue weighted by Crippen LogP contribution is 2.37. The lowest BCUT2D eigenvalue weighted by molar-refractivity contribution is 0.331. The van der Waals surface area contributed by atoms with Gasteiger partial charge >= 0.3 is 0 Å². The number of nitrogens with zero attached hydrogens (tertiary/aromatic N) is 4. The number of fused-ring (bicyclic) bond motifs is 3. The zero-order chi connectivity index (χ0) is 25.4. The lowest BCUT2D eigenvalue weighted by Gasteiger charge is -2.23. The van der Waals surface area contributed by atoms with Crippen LogP contribution in [0.1, 0.15) is 12.5 Å². The van der Waals surface area contributed by atoms with Gasteiger partial charge in [0.2, 0.25) is 5.95 Å². The van der Waals surface area contributed by atoms with Crippen LogP contribution in [0.25, 0.3) is 33.1 Å². The third kappa shape index (κ3) is 4.22. The summed E-state index contributed by atoms with van der Waals surface area (Å²) in [6, 6.07) is 16.5. The van der Waals surface area contributed by atoms with Gasteiger partial charge in [0.1, 0.15) is 24.5 Å². The fraction of sp³-hybridized carbons (Fsp3) is 0.250. The van der Waals surface area contributed by atoms with Crippen molar-refractivity contribution < 1.29 is 14.2 Å². The minimum Gasteiger partial charge on any atom is -0.493 e. The molecule has 2 N–H and O–H groups in total. The fourth-order valence-corrected chi connectivity index (χ4v) is 4.82. The van der Waals surface area contributed by atoms with Crippen LogP contribution < -0.4 is 24.4 Å². The van der Waals surface area contributed by atoms with Gasteiger partial charge in [-0.15, -0.1) is 0 Å². The summed E-state index contributed by atoms with van der Waals surface area (Å²) in [4.78, 5) is 19.3. The maximum Gasteiger partial charge on any atom is 0.201 e. The van der Waals surface area contributed by atoms with Crippen LogP contribution in [-0.2, 0) is 6.54 Å². The van der Waals surface area contributed by atoms with Gasteiger partial charge in [0.25, 0.3) is 0 Å². The topological polar surface area (TPSA) is 97.4 Å². The standard InChI is InChI=1S/C28H28N6O3/c1-4-29-28-32-21-7-5-18(12-23(21)33-28)17-6-8-24-19(11-17)15-34(9-10-37-24)27-20-13-25(35-2)26(36-3)14-22(20)30-16-31-27/h5-8,11-14,16H,4,9-10,15H2,1-3H3,(H2,29,32,33). The van der Waals surface area contributed by atoms with Crippen LogP contribution in [0.4, 0.5) is 11.8 Å². The summed E-state index contributed by atoms with van der Waals surface area (Å²) in [5, 5.41) is 4.14. The van der Waals surface area contributed by atoms with E-state index in [-0.39, 0.29) is 0 Å². The number of methoxy groups -OCH3 is 2. The molecule has 1 aliphatic rings. The number of aromatic amines is 1. The van der Waals surface area contributed by atoms with E-state index in [9.17, 15) is 0 Å². The molecule has 0 bridgehead atoms. The summed E-state index contributed by atoms with van der Waals surface area (Å²) in [5.74, 6) is 3.79. The van der Waals surface area contributed by atoms with Crippen molar-refractivity contribution in [1.29, 1.82) is 0 Å². The molecular weight excluding hydrogens is 468 g/mol. The molecule has 0 saturated carbocycles. The van der Waals surface area contributed by atoms with Gasteiger partial charge in [-0.05, 0) is 48.4 Å². The highest BCUT2D eigenvalue weighted by atomic mass is 16.5. The molecule has 188 valence electrons. The van der Waals surface area contributed by atoms with Gasteiger partial charge in [0.05, 0.1) is 37.3 Å². The second kappa shape index (κ2) is 9.50. The van der Waals surface area contributed by atoms with Crippen LogP contribution in [0.2, 0.25) is 0 Å². The molecule has 37 heavy (non-hydrogen) atoms. The maximum absolute atomic E-state index is 6.13. The number of rotatable bonds is 6. The number of aromatic nitrogens is 4. The van der Waals surface area contributed by atoms with Crippen molar-refractivity contribution in [2.45, 2.75) is 13.5 Å². The third-order valence-electron chi connectivity index (χ3n) is 6.62. The number of nitrogens with one attached hydrogen (secondary N) is 2. The smallest absolute Gasteiger partial charge is 0.201 e. The summed E-state index contributed by atoms with van der Waals surface area (Å²) in [7, 11) is 3.25. The Labute approximate surface area is 214 Å². The highest BCUT2D eigenvalue weighted by molar-refractivity contribution is 5.92. The third-order valence-corrected chi connectivity index (χ3v) is 6.62. The molecule has 1 aliphatic heterocycles. The lowest BCUT2D eigenvalue weighted by Crippen LogP contribution is -2.26. The monoisotopic (exact) mass is 496 g/mol. The quantitative estimate of drug-likeness (QED) is 0.338. The molecule has 5 aromatic rings. The van der Waals surface area contributed by atoms with Crippen LogP contribution >= 0.6 is 0 Å². The molecule has 0 amide bonds. The van der Waals surface area contributed by atoms with E-state index >= 15 is 0 Å². The van der Waals surface area contributed by atoms with E-state index in [0.29, 0.717) is 31.2 Å². The molecule has 0 unspecified atom stereocenters. The number of H-pyrrole nitrogens is 1. The lowest BCUT2D eigenvalue weighted by atomic mass is 10.0. The molecule has 9 heteroatoms. The van der Waals surface area contributed by atoms with Gasteiger partial charge < -0.3 is 29.4 Å². The first-order valence-corrected chi connectivity index (χ1v) is 12.3. The number of anilines is 2. The average molecular weight is 497 g/mol. The van der Waals surface area contributed by atoms with Gasteiger partial charge in [-0.25, -0.2) is 15.0 Å². The molecule has 0 fully saturated rings. The first-order valence-electron chi connectivity index (χ1n) is 12.3. The minimum absolute atomic E-state index is 0.554. The van der Waals surface area contributed by atoms with Crippen molar-refractivity contribution in [3.05, 3.63) is 60.4 Å². The van der Waals surface area contributed by atoms with Gasteiger partial charge in [-0.1, -0.05) is 12.1 Å². The maximum atomic E-state index is 6.13. The molecule has 0 radical (unpaired) electrons. The van der Waals surface area contributed by atoms with Crippen LogP contribution in [0.3, 0.4) is 0 Å². The molecular formula is C28H28N6O3. The first-order chi connectivity index (χ1) is 18.2. The minimum atomic E-state index is 0.554. The van der Waals surface area contributed by atoms with Crippen molar-refractivity contribution in [3.8, 4) is 28.4 Å². The molecule has 0 spiro atoms. The fourth-order valence-electron chi connectivity index (χ4n) is 4.82. The van der Waals surface area contributed by atoms with Crippen LogP contribution in [0.5, 0.6) is 17.2 Å². The number of hydrogen-bond donors (Lipinski definition) is 2. The van der Waals surface area contributed by atoms with Crippen molar-refractivity contribution in [2.24, 2.45) is 0 Å². The van der Waals surface area contributed by atoms with E-state index in [1.165, 1.54) is 0 Å². The second-order valence-corrected chi connectivity index (χ2v) is 8.86. The van der Waals surface area contributed by atoms with Crippen molar-refractivity contribution in [3.63, 3.8) is 0 Å². The molecule has 0 aliphatic carbocycles. The van der Waals surface area contributed by atoms with Gasteiger partial charge in [0.15, 0.2) is 11.5 Å². The van der Waals surface area contributed by atoms with E-state index in [1.54, 1.807) is 20.5 Å². The van der Waals surface area contributed by atoms with Crippen molar-refractivity contribution in [2.75, 3.05) is 44.1 Å². The van der Waals surface area contributed by atoms with Gasteiger partial charge in [-0.3, -0.25) is 0 Å². The summed E-state index contributed by atoms with van der Waals surface area (Å²) < 4.78 is 17.1. The van der Waals surface area contributed by atoms with E-state index in [1.807, 2.05) is 18.2 Å². The van der Waals surface area contributed by atoms with E-state index in [2.05, 4.69) is 67.4 Å². The molecule has 6 rings (SSSR count). The molecule has 3 aromatic carbocycles. The van der Waals surface area contributed by atoms with Crippen molar-refractivity contribution >= 4 is 33.7 Å². The Morgan fingerprint density at radius 1 is 0.973 bits per heavy atom. The molecule has 3 heterocycles. The van der Waals surface area contributed by atoms with Crippen molar-refractivity contribution in [1.82, 2.24) is 19.9 Å². The Bertz CT molecular complexity index is 1600. The van der Waals surface area contributed by atoms with E-state index in [0.717, 1.165) is 62.7 Å². The van der Waals surface area contributed by atoms with Gasteiger partial charge in [0, 0.05) is 30.1 Å². The largest absolute Gasteiger partial charge is 0.493 e. The Morgan fingerprint density at radius 2 is 1.78 bits per heavy atom. The molecule has 0 atom stereocenters. The average Bonchev–Trinajstić information content (AvgIpc) is 3.21. The predicted molar refractivity (Wildman–Crippen MR) is 145 cm³/mol. The van der Waals surface area contributed by atoms with E-state index in [4.69, 9.17) is 14.2 Å². The second-order valence-electron chi connectivity index (χ2n) is 8.86. The summed E-state index contributed by atoms with van der Waals surface area (Å²) in [5.41, 5.74) is 6.06. The molecule has 2 aromatic heterocycles. The van der Waals surface area contributed by atoms with Crippen LogP contribution in [-0.4, -0.2) is 53.9 Å². The molecule has 9 nitrogen and oxygen atoms in total. The summed E-state index contributed by atoms with van der Waals surface area (Å²) in [6.07, 6.45) is 1.59. The SMILES string of the molecule is CCNc1nc2ccc(-c3ccc4c(c3)CN(c3ncnc5cc(OC)c(OC)cc35)CCO4)cc2[nH]1. The Hall–Kier alpha value is -4.53. The Balaban J connectivity index is 1.36. The number of imidazole rings is 1. The predicted octanol–water partition coefficient (Wildman–Crippen LogP) is 5.02. The highest BCUT2D eigenvalue weighted by Gasteiger charge is 2.21. The molecule has 0 saturated heterocycles.